The minimum atomic E-state index is -0.890. The zero-order valence-corrected chi connectivity index (χ0v) is 22.8. The highest BCUT2D eigenvalue weighted by Gasteiger charge is 2.37. The Morgan fingerprint density at radius 3 is 2.34 bits per heavy atom. The van der Waals surface area contributed by atoms with Crippen molar-refractivity contribution in [2.24, 2.45) is 0 Å². The average Bonchev–Trinajstić information content (AvgIpc) is 2.95. The maximum absolute atomic E-state index is 14.0. The number of nitrogens with zero attached hydrogens (tertiary/aromatic N) is 1. The summed E-state index contributed by atoms with van der Waals surface area (Å²) in [6.07, 6.45) is 0.316. The number of carbonyl (C=O) groups is 3. The fourth-order valence-corrected chi connectivity index (χ4v) is 4.83. The van der Waals surface area contributed by atoms with Gasteiger partial charge in [0.15, 0.2) is 0 Å². The van der Waals surface area contributed by atoms with Crippen molar-refractivity contribution < 1.29 is 14.4 Å². The highest BCUT2D eigenvalue weighted by molar-refractivity contribution is 6.31. The van der Waals surface area contributed by atoms with Crippen molar-refractivity contribution >= 4 is 40.8 Å². The molecule has 4 amide bonds. The van der Waals surface area contributed by atoms with Gasteiger partial charge in [-0.25, -0.2) is 4.79 Å². The van der Waals surface area contributed by atoms with E-state index in [0.29, 0.717) is 22.8 Å². The van der Waals surface area contributed by atoms with Crippen LogP contribution in [0, 0.1) is 6.92 Å². The first-order chi connectivity index (χ1) is 18.0. The van der Waals surface area contributed by atoms with E-state index in [9.17, 15) is 14.4 Å². The Labute approximate surface area is 228 Å². The molecule has 3 aromatic rings. The molecule has 1 heterocycles. The van der Waals surface area contributed by atoms with Gasteiger partial charge in [-0.15, -0.1) is 0 Å². The van der Waals surface area contributed by atoms with Crippen LogP contribution >= 0.6 is 11.6 Å². The number of rotatable bonds is 5. The number of fused-ring (bicyclic) bond motifs is 1. The normalized spacial score (nSPS) is 17.3. The number of hydrogen-bond acceptors (Lipinski definition) is 3. The van der Waals surface area contributed by atoms with E-state index in [1.54, 1.807) is 24.3 Å². The SMILES string of the molecule is Cc1ccc(NC(=O)NC2CC(c3ccccc3)c3ccc(Cl)cc3N(CC(=O)NC(C)(C)C)C2=O)cc1. The molecule has 4 rings (SSSR count). The fourth-order valence-electron chi connectivity index (χ4n) is 4.66. The summed E-state index contributed by atoms with van der Waals surface area (Å²) >= 11 is 6.38. The van der Waals surface area contributed by atoms with E-state index >= 15 is 0 Å². The minimum Gasteiger partial charge on any atom is -0.350 e. The molecule has 2 atom stereocenters. The molecule has 2 unspecified atom stereocenters. The highest BCUT2D eigenvalue weighted by Crippen LogP contribution is 2.40. The van der Waals surface area contributed by atoms with E-state index in [-0.39, 0.29) is 24.3 Å². The number of halogens is 1. The Balaban J connectivity index is 1.71. The number of benzene rings is 3. The summed E-state index contributed by atoms with van der Waals surface area (Å²) in [5.74, 6) is -0.902. The monoisotopic (exact) mass is 532 g/mol. The molecular formula is C30H33ClN4O3. The second-order valence-electron chi connectivity index (χ2n) is 10.6. The van der Waals surface area contributed by atoms with E-state index in [1.807, 2.05) is 76.2 Å². The summed E-state index contributed by atoms with van der Waals surface area (Å²) in [7, 11) is 0. The first-order valence-corrected chi connectivity index (χ1v) is 13.0. The van der Waals surface area contributed by atoms with Crippen LogP contribution in [0.3, 0.4) is 0 Å². The summed E-state index contributed by atoms with van der Waals surface area (Å²) in [4.78, 5) is 41.4. The van der Waals surface area contributed by atoms with Crippen molar-refractivity contribution in [2.45, 2.75) is 51.6 Å². The smallest absolute Gasteiger partial charge is 0.319 e. The molecular weight excluding hydrogens is 500 g/mol. The summed E-state index contributed by atoms with van der Waals surface area (Å²) in [5.41, 5.74) is 3.63. The predicted octanol–water partition coefficient (Wildman–Crippen LogP) is 5.62. The Kier molecular flexibility index (Phi) is 8.07. The lowest BCUT2D eigenvalue weighted by atomic mass is 9.86. The third-order valence-electron chi connectivity index (χ3n) is 6.33. The Hall–Kier alpha value is -3.84. The summed E-state index contributed by atoms with van der Waals surface area (Å²) < 4.78 is 0. The molecule has 0 saturated heterocycles. The molecule has 0 radical (unpaired) electrons. The molecule has 0 aromatic heterocycles. The molecule has 3 aromatic carbocycles. The quantitative estimate of drug-likeness (QED) is 0.398. The fraction of sp³-hybridized carbons (Fsp3) is 0.300. The van der Waals surface area contributed by atoms with E-state index in [4.69, 9.17) is 11.6 Å². The number of urea groups is 1. The van der Waals surface area contributed by atoms with Gasteiger partial charge in [0.2, 0.25) is 11.8 Å². The van der Waals surface area contributed by atoms with Gasteiger partial charge in [-0.05, 0) is 69.5 Å². The summed E-state index contributed by atoms with van der Waals surface area (Å²) in [6.45, 7) is 7.40. The molecule has 0 fully saturated rings. The first-order valence-electron chi connectivity index (χ1n) is 12.6. The van der Waals surface area contributed by atoms with E-state index in [2.05, 4.69) is 16.0 Å². The minimum absolute atomic E-state index is 0.206. The second kappa shape index (κ2) is 11.3. The number of nitrogens with one attached hydrogen (secondary N) is 3. The molecule has 7 nitrogen and oxygen atoms in total. The van der Waals surface area contributed by atoms with Crippen LogP contribution in [0.4, 0.5) is 16.2 Å². The maximum Gasteiger partial charge on any atom is 0.319 e. The van der Waals surface area contributed by atoms with Crippen LogP contribution in [0.1, 0.15) is 49.8 Å². The number of hydrogen-bond donors (Lipinski definition) is 3. The van der Waals surface area contributed by atoms with Gasteiger partial charge >= 0.3 is 6.03 Å². The highest BCUT2D eigenvalue weighted by atomic mass is 35.5. The van der Waals surface area contributed by atoms with Gasteiger partial charge in [-0.1, -0.05) is 65.7 Å². The Morgan fingerprint density at radius 2 is 1.68 bits per heavy atom. The summed E-state index contributed by atoms with van der Waals surface area (Å²) in [5, 5.41) is 9.05. The van der Waals surface area contributed by atoms with E-state index < -0.39 is 17.6 Å². The van der Waals surface area contributed by atoms with E-state index in [1.165, 1.54) is 4.90 Å². The van der Waals surface area contributed by atoms with Gasteiger partial charge in [0.25, 0.3) is 0 Å². The molecule has 1 aliphatic heterocycles. The standard InChI is InChI=1S/C30H33ClN4O3/c1-19-10-13-22(14-11-19)32-29(38)33-25-17-24(20-8-6-5-7-9-20)23-15-12-21(31)16-26(23)35(28(25)37)18-27(36)34-30(2,3)4/h5-16,24-25H,17-18H2,1-4H3,(H,34,36)(H2,32,33,38). The van der Waals surface area contributed by atoms with E-state index in [0.717, 1.165) is 16.7 Å². The zero-order valence-electron chi connectivity index (χ0n) is 22.0. The second-order valence-corrected chi connectivity index (χ2v) is 11.1. The van der Waals surface area contributed by atoms with Gasteiger partial charge in [0.05, 0.1) is 0 Å². The molecule has 0 spiro atoms. The largest absolute Gasteiger partial charge is 0.350 e. The predicted molar refractivity (Wildman–Crippen MR) is 152 cm³/mol. The molecule has 0 saturated carbocycles. The van der Waals surface area contributed by atoms with Crippen molar-refractivity contribution in [3.8, 4) is 0 Å². The molecule has 0 aliphatic carbocycles. The molecule has 38 heavy (non-hydrogen) atoms. The molecule has 198 valence electrons. The van der Waals surface area contributed by atoms with Gasteiger partial charge in [0.1, 0.15) is 12.6 Å². The van der Waals surface area contributed by atoms with Crippen molar-refractivity contribution in [1.82, 2.24) is 10.6 Å². The number of aryl methyl sites for hydroxylation is 1. The van der Waals surface area contributed by atoms with Gasteiger partial charge in [-0.3, -0.25) is 9.59 Å². The number of anilines is 2. The third kappa shape index (κ3) is 6.72. The van der Waals surface area contributed by atoms with Crippen LogP contribution in [0.2, 0.25) is 5.02 Å². The van der Waals surface area contributed by atoms with Crippen molar-refractivity contribution in [2.75, 3.05) is 16.8 Å². The first kappa shape index (κ1) is 27.2. The topological polar surface area (TPSA) is 90.5 Å². The Bertz CT molecular complexity index is 1320. The van der Waals surface area contributed by atoms with Crippen molar-refractivity contribution in [3.63, 3.8) is 0 Å². The lowest BCUT2D eigenvalue weighted by Crippen LogP contribution is -2.53. The summed E-state index contributed by atoms with van der Waals surface area (Å²) in [6, 6.07) is 21.2. The Morgan fingerprint density at radius 1 is 1.00 bits per heavy atom. The zero-order chi connectivity index (χ0) is 27.4. The average molecular weight is 533 g/mol. The lowest BCUT2D eigenvalue weighted by molar-refractivity contribution is -0.125. The molecule has 3 N–H and O–H groups in total. The van der Waals surface area contributed by atoms with Gasteiger partial charge in [-0.2, -0.15) is 0 Å². The van der Waals surface area contributed by atoms with Gasteiger partial charge < -0.3 is 20.9 Å². The van der Waals surface area contributed by atoms with Crippen molar-refractivity contribution in [3.05, 3.63) is 94.5 Å². The van der Waals surface area contributed by atoms with Crippen LogP contribution < -0.4 is 20.9 Å². The van der Waals surface area contributed by atoms with Crippen LogP contribution in [0.5, 0.6) is 0 Å². The van der Waals surface area contributed by atoms with Gasteiger partial charge in [0, 0.05) is 27.9 Å². The third-order valence-corrected chi connectivity index (χ3v) is 6.56. The molecule has 8 heteroatoms. The van der Waals surface area contributed by atoms with Crippen molar-refractivity contribution in [1.29, 1.82) is 0 Å². The number of carbonyl (C=O) groups excluding carboxylic acids is 3. The molecule has 0 bridgehead atoms. The van der Waals surface area contributed by atoms with Crippen LogP contribution in [0.25, 0.3) is 0 Å². The molecule has 1 aliphatic rings. The maximum atomic E-state index is 14.0. The van der Waals surface area contributed by atoms with Crippen LogP contribution in [-0.2, 0) is 9.59 Å². The number of amides is 4. The van der Waals surface area contributed by atoms with Crippen LogP contribution in [-0.4, -0.2) is 36.0 Å². The lowest BCUT2D eigenvalue weighted by Gasteiger charge is -2.28. The van der Waals surface area contributed by atoms with Crippen LogP contribution in [0.15, 0.2) is 72.8 Å².